The Kier molecular flexibility index (Phi) is 3.23. The highest BCUT2D eigenvalue weighted by atomic mass is 16.5. The van der Waals surface area contributed by atoms with Crippen LogP contribution in [0.5, 0.6) is 5.88 Å². The molecule has 0 aliphatic carbocycles. The number of rotatable bonds is 3. The van der Waals surface area contributed by atoms with E-state index in [2.05, 4.69) is 4.98 Å². The number of aromatic nitrogens is 2. The second kappa shape index (κ2) is 4.82. The van der Waals surface area contributed by atoms with E-state index >= 15 is 0 Å². The quantitative estimate of drug-likeness (QED) is 0.804. The van der Waals surface area contributed by atoms with E-state index < -0.39 is 0 Å². The molecule has 0 aliphatic heterocycles. The van der Waals surface area contributed by atoms with Crippen LogP contribution in [0, 0.1) is 6.92 Å². The standard InChI is InChI=1S/C13H14N2O2/c1-10-5-4-8-15(13(10)16)9-11-6-3-7-14-12(11)17-2/h3-8H,9H2,1-2H3. The lowest BCUT2D eigenvalue weighted by Crippen LogP contribution is -2.21. The highest BCUT2D eigenvalue weighted by Crippen LogP contribution is 2.14. The molecule has 0 bridgehead atoms. The number of aryl methyl sites for hydroxylation is 1. The van der Waals surface area contributed by atoms with Crippen molar-refractivity contribution in [3.05, 3.63) is 58.1 Å². The van der Waals surface area contributed by atoms with Crippen molar-refractivity contribution >= 4 is 0 Å². The second-order valence-electron chi connectivity index (χ2n) is 3.80. The Hall–Kier alpha value is -2.10. The predicted molar refractivity (Wildman–Crippen MR) is 65.3 cm³/mol. The molecule has 0 aromatic carbocycles. The van der Waals surface area contributed by atoms with Crippen LogP contribution in [0.25, 0.3) is 0 Å². The third-order valence-corrected chi connectivity index (χ3v) is 2.59. The van der Waals surface area contributed by atoms with E-state index in [0.717, 1.165) is 11.1 Å². The third-order valence-electron chi connectivity index (χ3n) is 2.59. The number of hydrogen-bond donors (Lipinski definition) is 0. The summed E-state index contributed by atoms with van der Waals surface area (Å²) >= 11 is 0. The van der Waals surface area contributed by atoms with Crippen molar-refractivity contribution in [2.24, 2.45) is 0 Å². The van der Waals surface area contributed by atoms with Crippen LogP contribution in [0.15, 0.2) is 41.5 Å². The first-order chi connectivity index (χ1) is 8.22. The molecule has 2 aromatic heterocycles. The van der Waals surface area contributed by atoms with Gasteiger partial charge in [-0.25, -0.2) is 4.98 Å². The van der Waals surface area contributed by atoms with Gasteiger partial charge in [0, 0.05) is 23.5 Å². The SMILES string of the molecule is COc1ncccc1Cn1cccc(C)c1=O. The smallest absolute Gasteiger partial charge is 0.253 e. The van der Waals surface area contributed by atoms with Gasteiger partial charge in [-0.2, -0.15) is 0 Å². The van der Waals surface area contributed by atoms with Crippen LogP contribution in [0.2, 0.25) is 0 Å². The Morgan fingerprint density at radius 2 is 2.18 bits per heavy atom. The molecule has 17 heavy (non-hydrogen) atoms. The number of hydrogen-bond acceptors (Lipinski definition) is 3. The average molecular weight is 230 g/mol. The highest BCUT2D eigenvalue weighted by molar-refractivity contribution is 5.26. The van der Waals surface area contributed by atoms with Crippen molar-refractivity contribution in [2.75, 3.05) is 7.11 Å². The molecule has 4 heteroatoms. The molecule has 0 spiro atoms. The topological polar surface area (TPSA) is 44.1 Å². The molecule has 0 unspecified atom stereocenters. The van der Waals surface area contributed by atoms with Crippen LogP contribution in [0.4, 0.5) is 0 Å². The van der Waals surface area contributed by atoms with Crippen molar-refractivity contribution in [3.63, 3.8) is 0 Å². The van der Waals surface area contributed by atoms with Gasteiger partial charge in [0.15, 0.2) is 0 Å². The number of methoxy groups -OCH3 is 1. The summed E-state index contributed by atoms with van der Waals surface area (Å²) in [4.78, 5) is 16.0. The Morgan fingerprint density at radius 1 is 1.35 bits per heavy atom. The normalized spacial score (nSPS) is 10.2. The minimum Gasteiger partial charge on any atom is -0.481 e. The van der Waals surface area contributed by atoms with Crippen molar-refractivity contribution in [2.45, 2.75) is 13.5 Å². The lowest BCUT2D eigenvalue weighted by atomic mass is 10.2. The summed E-state index contributed by atoms with van der Waals surface area (Å²) in [6, 6.07) is 7.40. The van der Waals surface area contributed by atoms with Crippen LogP contribution in [-0.2, 0) is 6.54 Å². The maximum absolute atomic E-state index is 11.9. The fourth-order valence-electron chi connectivity index (χ4n) is 1.69. The van der Waals surface area contributed by atoms with Crippen LogP contribution in [0.3, 0.4) is 0 Å². The van der Waals surface area contributed by atoms with Crippen molar-refractivity contribution in [1.82, 2.24) is 9.55 Å². The number of ether oxygens (including phenoxy) is 1. The van der Waals surface area contributed by atoms with E-state index in [1.165, 1.54) is 0 Å². The Bertz CT molecular complexity index is 576. The Morgan fingerprint density at radius 3 is 2.94 bits per heavy atom. The van der Waals surface area contributed by atoms with E-state index in [0.29, 0.717) is 12.4 Å². The van der Waals surface area contributed by atoms with Gasteiger partial charge in [0.2, 0.25) is 5.88 Å². The van der Waals surface area contributed by atoms with Gasteiger partial charge in [-0.05, 0) is 19.1 Å². The zero-order valence-electron chi connectivity index (χ0n) is 9.88. The van der Waals surface area contributed by atoms with Gasteiger partial charge in [-0.15, -0.1) is 0 Å². The molecule has 2 heterocycles. The van der Waals surface area contributed by atoms with E-state index in [1.54, 1.807) is 37.1 Å². The summed E-state index contributed by atoms with van der Waals surface area (Å²) < 4.78 is 6.81. The molecule has 0 aliphatic rings. The molecule has 0 atom stereocenters. The molecule has 0 amide bonds. The fourth-order valence-corrected chi connectivity index (χ4v) is 1.69. The molecule has 88 valence electrons. The summed E-state index contributed by atoms with van der Waals surface area (Å²) in [6.07, 6.45) is 3.43. The average Bonchev–Trinajstić information content (AvgIpc) is 2.35. The summed E-state index contributed by atoms with van der Waals surface area (Å²) in [6.45, 7) is 2.27. The zero-order valence-corrected chi connectivity index (χ0v) is 9.88. The molecule has 0 N–H and O–H groups in total. The summed E-state index contributed by atoms with van der Waals surface area (Å²) in [7, 11) is 1.57. The highest BCUT2D eigenvalue weighted by Gasteiger charge is 2.05. The van der Waals surface area contributed by atoms with E-state index in [4.69, 9.17) is 4.74 Å². The van der Waals surface area contributed by atoms with Gasteiger partial charge in [0.1, 0.15) is 0 Å². The lowest BCUT2D eigenvalue weighted by Gasteiger charge is -2.09. The van der Waals surface area contributed by atoms with Gasteiger partial charge in [0.25, 0.3) is 5.56 Å². The zero-order chi connectivity index (χ0) is 12.3. The maximum Gasteiger partial charge on any atom is 0.253 e. The monoisotopic (exact) mass is 230 g/mol. The minimum atomic E-state index is 0.0124. The van der Waals surface area contributed by atoms with Gasteiger partial charge >= 0.3 is 0 Å². The van der Waals surface area contributed by atoms with Gasteiger partial charge in [-0.3, -0.25) is 4.79 Å². The van der Waals surface area contributed by atoms with Crippen LogP contribution in [-0.4, -0.2) is 16.7 Å². The molecule has 0 radical (unpaired) electrons. The fraction of sp³-hybridized carbons (Fsp3) is 0.231. The van der Waals surface area contributed by atoms with Crippen molar-refractivity contribution in [3.8, 4) is 5.88 Å². The third kappa shape index (κ3) is 2.36. The number of nitrogens with zero attached hydrogens (tertiary/aromatic N) is 2. The van der Waals surface area contributed by atoms with E-state index in [9.17, 15) is 4.79 Å². The second-order valence-corrected chi connectivity index (χ2v) is 3.80. The minimum absolute atomic E-state index is 0.0124. The summed E-state index contributed by atoms with van der Waals surface area (Å²) in [5.41, 5.74) is 1.64. The first-order valence-electron chi connectivity index (χ1n) is 5.36. The van der Waals surface area contributed by atoms with Crippen LogP contribution < -0.4 is 10.3 Å². The van der Waals surface area contributed by atoms with Gasteiger partial charge in [0.05, 0.1) is 13.7 Å². The van der Waals surface area contributed by atoms with Crippen LogP contribution in [0.1, 0.15) is 11.1 Å². The molecule has 4 nitrogen and oxygen atoms in total. The largest absolute Gasteiger partial charge is 0.481 e. The predicted octanol–water partition coefficient (Wildman–Crippen LogP) is 1.61. The lowest BCUT2D eigenvalue weighted by molar-refractivity contribution is 0.391. The first kappa shape index (κ1) is 11.4. The van der Waals surface area contributed by atoms with Gasteiger partial charge in [-0.1, -0.05) is 12.1 Å². The maximum atomic E-state index is 11.9. The summed E-state index contributed by atoms with van der Waals surface area (Å²) in [5.74, 6) is 0.556. The Labute approximate surface area is 99.5 Å². The van der Waals surface area contributed by atoms with Crippen molar-refractivity contribution < 1.29 is 4.74 Å². The molecule has 2 aromatic rings. The molecule has 0 fully saturated rings. The molecule has 0 saturated heterocycles. The molecule has 0 saturated carbocycles. The molecular formula is C13H14N2O2. The molecule has 2 rings (SSSR count). The van der Waals surface area contributed by atoms with Crippen molar-refractivity contribution in [1.29, 1.82) is 0 Å². The first-order valence-corrected chi connectivity index (χ1v) is 5.36. The van der Waals surface area contributed by atoms with Crippen LogP contribution >= 0.6 is 0 Å². The Balaban J connectivity index is 2.38. The molecular weight excluding hydrogens is 216 g/mol. The van der Waals surface area contributed by atoms with E-state index in [1.807, 2.05) is 18.2 Å². The van der Waals surface area contributed by atoms with Gasteiger partial charge < -0.3 is 9.30 Å². The summed E-state index contributed by atoms with van der Waals surface area (Å²) in [5, 5.41) is 0. The van der Waals surface area contributed by atoms with E-state index in [-0.39, 0.29) is 5.56 Å². The number of pyridine rings is 2.